The molecule has 480 valence electrons. The van der Waals surface area contributed by atoms with Crippen molar-refractivity contribution in [3.63, 3.8) is 0 Å². The molecule has 0 amide bonds. The maximum absolute atomic E-state index is 12.9. The molecule has 0 aromatic heterocycles. The summed E-state index contributed by atoms with van der Waals surface area (Å²) in [5.41, 5.74) is 0. The van der Waals surface area contributed by atoms with Crippen LogP contribution in [0.15, 0.2) is 0 Å². The van der Waals surface area contributed by atoms with Gasteiger partial charge in [-0.3, -0.25) is 37.3 Å². The van der Waals surface area contributed by atoms with Gasteiger partial charge in [0.05, 0.1) is 26.4 Å². The van der Waals surface area contributed by atoms with E-state index in [1.165, 1.54) is 83.5 Å². The number of esters is 4. The molecule has 0 aliphatic heterocycles. The van der Waals surface area contributed by atoms with Crippen LogP contribution in [0.3, 0.4) is 0 Å². The lowest BCUT2D eigenvalue weighted by Gasteiger charge is -2.21. The molecule has 0 aromatic rings. The Morgan fingerprint density at radius 3 is 0.877 bits per heavy atom. The summed E-state index contributed by atoms with van der Waals surface area (Å²) in [5, 5.41) is 10.5. The molecule has 5 unspecified atom stereocenters. The van der Waals surface area contributed by atoms with Gasteiger partial charge in [0.2, 0.25) is 0 Å². The fraction of sp³-hybridized carbons (Fsp3) is 0.935. The number of rotatable bonds is 59. The molecule has 0 rings (SSSR count). The van der Waals surface area contributed by atoms with Crippen LogP contribution in [-0.2, 0) is 65.4 Å². The Morgan fingerprint density at radius 1 is 0.346 bits per heavy atom. The van der Waals surface area contributed by atoms with Gasteiger partial charge < -0.3 is 33.8 Å². The minimum Gasteiger partial charge on any atom is -0.462 e. The Kier molecular flexibility index (Phi) is 51.1. The van der Waals surface area contributed by atoms with Gasteiger partial charge in [0.1, 0.15) is 19.3 Å². The number of ether oxygens (including phenoxy) is 4. The Morgan fingerprint density at radius 2 is 0.593 bits per heavy atom. The second-order valence-electron chi connectivity index (χ2n) is 23.6. The molecular formula is C62H120O17P2. The average molecular weight is 1200 g/mol. The Hall–Kier alpha value is -1.94. The minimum absolute atomic E-state index is 0.101. The van der Waals surface area contributed by atoms with Gasteiger partial charge in [0, 0.05) is 25.7 Å². The zero-order chi connectivity index (χ0) is 60.4. The van der Waals surface area contributed by atoms with E-state index in [9.17, 15) is 43.2 Å². The van der Waals surface area contributed by atoms with E-state index in [0.29, 0.717) is 25.7 Å². The van der Waals surface area contributed by atoms with E-state index in [2.05, 4.69) is 55.4 Å². The molecule has 0 saturated carbocycles. The summed E-state index contributed by atoms with van der Waals surface area (Å²) in [4.78, 5) is 72.1. The van der Waals surface area contributed by atoms with E-state index < -0.39 is 97.5 Å². The highest BCUT2D eigenvalue weighted by Crippen LogP contribution is 2.45. The molecule has 8 atom stereocenters. The van der Waals surface area contributed by atoms with E-state index in [0.717, 1.165) is 126 Å². The first-order chi connectivity index (χ1) is 38.7. The predicted molar refractivity (Wildman–Crippen MR) is 321 cm³/mol. The van der Waals surface area contributed by atoms with Crippen molar-refractivity contribution in [2.24, 2.45) is 23.7 Å². The molecule has 0 spiro atoms. The van der Waals surface area contributed by atoms with Gasteiger partial charge in [-0.2, -0.15) is 0 Å². The van der Waals surface area contributed by atoms with Gasteiger partial charge in [0.15, 0.2) is 12.2 Å². The molecule has 19 heteroatoms. The Balaban J connectivity index is 5.27. The number of phosphoric acid groups is 2. The summed E-state index contributed by atoms with van der Waals surface area (Å²) in [6, 6.07) is 0. The summed E-state index contributed by atoms with van der Waals surface area (Å²) >= 11 is 0. The minimum atomic E-state index is -4.94. The van der Waals surface area contributed by atoms with Crippen molar-refractivity contribution >= 4 is 39.5 Å². The summed E-state index contributed by atoms with van der Waals surface area (Å²) in [7, 11) is -9.89. The molecule has 0 aliphatic carbocycles. The third-order valence-corrected chi connectivity index (χ3v) is 17.1. The van der Waals surface area contributed by atoms with Crippen LogP contribution in [0.25, 0.3) is 0 Å². The van der Waals surface area contributed by atoms with Crippen LogP contribution in [0.4, 0.5) is 0 Å². The highest BCUT2D eigenvalue weighted by atomic mass is 31.2. The van der Waals surface area contributed by atoms with Crippen LogP contribution in [0.5, 0.6) is 0 Å². The first-order valence-electron chi connectivity index (χ1n) is 32.3. The lowest BCUT2D eigenvalue weighted by molar-refractivity contribution is -0.161. The van der Waals surface area contributed by atoms with E-state index in [4.69, 9.17) is 37.0 Å². The van der Waals surface area contributed by atoms with Crippen molar-refractivity contribution in [1.82, 2.24) is 0 Å². The second kappa shape index (κ2) is 52.4. The first kappa shape index (κ1) is 79.1. The summed E-state index contributed by atoms with van der Waals surface area (Å²) < 4.78 is 67.9. The lowest BCUT2D eigenvalue weighted by Crippen LogP contribution is -2.30. The monoisotopic (exact) mass is 1200 g/mol. The van der Waals surface area contributed by atoms with Crippen molar-refractivity contribution in [2.45, 2.75) is 311 Å². The summed E-state index contributed by atoms with van der Waals surface area (Å²) in [5.74, 6) is 0.753. The van der Waals surface area contributed by atoms with E-state index >= 15 is 0 Å². The van der Waals surface area contributed by atoms with E-state index in [-0.39, 0.29) is 25.7 Å². The Labute approximate surface area is 492 Å². The number of phosphoric ester groups is 2. The topological polar surface area (TPSA) is 237 Å². The molecule has 0 saturated heterocycles. The summed E-state index contributed by atoms with van der Waals surface area (Å²) in [6.07, 6.45) is 30.9. The van der Waals surface area contributed by atoms with E-state index in [1.54, 1.807) is 0 Å². The lowest BCUT2D eigenvalue weighted by atomic mass is 10.00. The van der Waals surface area contributed by atoms with Crippen molar-refractivity contribution in [2.75, 3.05) is 39.6 Å². The molecule has 0 radical (unpaired) electrons. The maximum Gasteiger partial charge on any atom is 0.472 e. The molecule has 0 heterocycles. The smallest absolute Gasteiger partial charge is 0.462 e. The summed E-state index contributed by atoms with van der Waals surface area (Å²) in [6.45, 7) is 13.9. The number of carbonyl (C=O) groups is 4. The number of aliphatic hydroxyl groups excluding tert-OH is 1. The van der Waals surface area contributed by atoms with Gasteiger partial charge >= 0.3 is 39.5 Å². The second-order valence-corrected chi connectivity index (χ2v) is 26.6. The first-order valence-corrected chi connectivity index (χ1v) is 35.3. The standard InChI is InChI=1S/C62H120O17P2/c1-9-53(6)39-31-23-16-19-26-34-42-59(64)72-48-57(78-61(66)44-36-28-15-13-12-14-22-30-38-52(4)5)50-76-80(68,69)74-46-56(63)47-75-81(70,71)77-51-58(79-62(67)45-37-29-21-18-25-33-41-55(8)11-3)49-73-60(65)43-35-27-20-17-24-32-40-54(7)10-2/h52-58,63H,9-51H2,1-8H3,(H,68,69)(H,70,71)/t53?,54?,55?,56-,57+,58+/m0/s1. The molecule has 0 aromatic carbocycles. The van der Waals surface area contributed by atoms with Crippen molar-refractivity contribution in [3.05, 3.63) is 0 Å². The fourth-order valence-corrected chi connectivity index (χ4v) is 10.6. The zero-order valence-electron chi connectivity index (χ0n) is 52.4. The molecular weight excluding hydrogens is 1080 g/mol. The highest BCUT2D eigenvalue weighted by Gasteiger charge is 2.30. The molecule has 3 N–H and O–H groups in total. The maximum atomic E-state index is 12.9. The quantitative estimate of drug-likeness (QED) is 0.0222. The van der Waals surface area contributed by atoms with Gasteiger partial charge in [0.25, 0.3) is 0 Å². The number of unbranched alkanes of at least 4 members (excludes halogenated alkanes) is 22. The largest absolute Gasteiger partial charge is 0.472 e. The van der Waals surface area contributed by atoms with Crippen LogP contribution >= 0.6 is 15.6 Å². The average Bonchev–Trinajstić information content (AvgIpc) is 3.43. The molecule has 0 fully saturated rings. The van der Waals surface area contributed by atoms with Crippen LogP contribution in [-0.4, -0.2) is 96.7 Å². The third-order valence-electron chi connectivity index (χ3n) is 15.2. The van der Waals surface area contributed by atoms with Gasteiger partial charge in [-0.15, -0.1) is 0 Å². The fourth-order valence-electron chi connectivity index (χ4n) is 8.98. The van der Waals surface area contributed by atoms with Crippen LogP contribution in [0.2, 0.25) is 0 Å². The van der Waals surface area contributed by atoms with Gasteiger partial charge in [-0.1, -0.05) is 242 Å². The van der Waals surface area contributed by atoms with Crippen LogP contribution < -0.4 is 0 Å². The normalized spacial score (nSPS) is 15.5. The van der Waals surface area contributed by atoms with Crippen LogP contribution in [0.1, 0.15) is 293 Å². The molecule has 17 nitrogen and oxygen atoms in total. The van der Waals surface area contributed by atoms with Crippen molar-refractivity contribution in [1.29, 1.82) is 0 Å². The predicted octanol–water partition coefficient (Wildman–Crippen LogP) is 16.6. The molecule has 0 aliphatic rings. The zero-order valence-corrected chi connectivity index (χ0v) is 54.2. The molecule has 0 bridgehead atoms. The number of hydrogen-bond donors (Lipinski definition) is 3. The molecule has 81 heavy (non-hydrogen) atoms. The number of hydrogen-bond acceptors (Lipinski definition) is 15. The highest BCUT2D eigenvalue weighted by molar-refractivity contribution is 7.47. The van der Waals surface area contributed by atoms with Crippen molar-refractivity contribution in [3.8, 4) is 0 Å². The van der Waals surface area contributed by atoms with Crippen molar-refractivity contribution < 1.29 is 80.2 Å². The van der Waals surface area contributed by atoms with Gasteiger partial charge in [-0.25, -0.2) is 9.13 Å². The van der Waals surface area contributed by atoms with Crippen LogP contribution in [0, 0.1) is 23.7 Å². The number of aliphatic hydroxyl groups is 1. The van der Waals surface area contributed by atoms with Gasteiger partial charge in [-0.05, 0) is 49.4 Å². The third kappa shape index (κ3) is 53.3. The SMILES string of the molecule is CCC(C)CCCCCCCCC(=O)OC[C@H](COP(=O)(O)OC[C@H](O)COP(=O)(O)OC[C@@H](COC(=O)CCCCCCCCC(C)CC)OC(=O)CCCCCCCCC(C)CC)OC(=O)CCCCCCCCCCC(C)C. The Bertz CT molecular complexity index is 1630. The number of carbonyl (C=O) groups excluding carboxylic acids is 4. The van der Waals surface area contributed by atoms with E-state index in [1.807, 2.05) is 0 Å².